The maximum Gasteiger partial charge on any atom is 0.227 e. The molecule has 4 unspecified atom stereocenters. The van der Waals surface area contributed by atoms with E-state index < -0.39 is 11.2 Å². The number of carbonyl (C=O) groups is 1. The predicted octanol–water partition coefficient (Wildman–Crippen LogP) is 5.06. The lowest BCUT2D eigenvalue weighted by Gasteiger charge is -2.46. The Morgan fingerprint density at radius 3 is 2.25 bits per heavy atom. The van der Waals surface area contributed by atoms with Crippen LogP contribution in [0.3, 0.4) is 0 Å². The van der Waals surface area contributed by atoms with Crippen molar-refractivity contribution >= 4 is 17.1 Å². The van der Waals surface area contributed by atoms with Gasteiger partial charge in [0.15, 0.2) is 0 Å². The number of benzene rings is 3. The van der Waals surface area contributed by atoms with Gasteiger partial charge < -0.3 is 14.2 Å². The first kappa shape index (κ1) is 27.4. The van der Waals surface area contributed by atoms with Crippen LogP contribution in [-0.4, -0.2) is 70.1 Å². The van der Waals surface area contributed by atoms with Crippen molar-refractivity contribution in [1.29, 1.82) is 0 Å². The molecular weight excluding hydrogens is 516 g/mol. The van der Waals surface area contributed by atoms with Crippen LogP contribution in [0.25, 0.3) is 0 Å². The van der Waals surface area contributed by atoms with Gasteiger partial charge in [0.05, 0.1) is 13.0 Å². The van der Waals surface area contributed by atoms with Crippen LogP contribution < -0.4 is 4.74 Å². The van der Waals surface area contributed by atoms with Crippen LogP contribution >= 0.6 is 0 Å². The Morgan fingerprint density at radius 2 is 1.57 bits per heavy atom. The van der Waals surface area contributed by atoms with E-state index in [1.165, 1.54) is 24.0 Å². The molecule has 5 nitrogen and oxygen atoms in total. The van der Waals surface area contributed by atoms with Gasteiger partial charge in [0.1, 0.15) is 22.9 Å². The second kappa shape index (κ2) is 12.0. The van der Waals surface area contributed by atoms with Gasteiger partial charge in [0.25, 0.3) is 0 Å². The molecule has 0 aromatic heterocycles. The lowest BCUT2D eigenvalue weighted by molar-refractivity contribution is -0.129. The predicted molar refractivity (Wildman–Crippen MR) is 161 cm³/mol. The number of hydrogen-bond donors (Lipinski definition) is 0. The third-order valence-corrected chi connectivity index (χ3v) is 11.0. The van der Waals surface area contributed by atoms with Crippen LogP contribution in [0.1, 0.15) is 42.9 Å². The van der Waals surface area contributed by atoms with E-state index in [1.54, 1.807) is 0 Å². The lowest BCUT2D eigenvalue weighted by atomic mass is 9.63. The maximum atomic E-state index is 13.8. The van der Waals surface area contributed by atoms with Gasteiger partial charge in [0.2, 0.25) is 5.91 Å². The number of ether oxygens (including phenoxy) is 1. The third kappa shape index (κ3) is 5.41. The van der Waals surface area contributed by atoms with Gasteiger partial charge in [-0.3, -0.25) is 9.69 Å². The van der Waals surface area contributed by atoms with Crippen molar-refractivity contribution in [3.8, 4) is 5.75 Å². The van der Waals surface area contributed by atoms with E-state index in [2.05, 4.69) is 72.5 Å². The van der Waals surface area contributed by atoms with E-state index in [4.69, 9.17) is 4.74 Å². The van der Waals surface area contributed by atoms with Crippen molar-refractivity contribution in [2.75, 3.05) is 38.5 Å². The van der Waals surface area contributed by atoms with Gasteiger partial charge in [-0.05, 0) is 61.2 Å². The van der Waals surface area contributed by atoms with Gasteiger partial charge in [-0.2, -0.15) is 0 Å². The molecule has 3 aliphatic rings. The summed E-state index contributed by atoms with van der Waals surface area (Å²) in [7, 11) is 0. The number of fused-ring (bicyclic) bond motifs is 1. The van der Waals surface area contributed by atoms with E-state index in [9.17, 15) is 9.35 Å². The first-order valence-electron chi connectivity index (χ1n) is 14.8. The number of carbonyl (C=O) groups excluding carboxylic acids is 1. The van der Waals surface area contributed by atoms with Crippen LogP contribution in [-0.2, 0) is 27.8 Å². The summed E-state index contributed by atoms with van der Waals surface area (Å²) in [6.45, 7) is 6.47. The van der Waals surface area contributed by atoms with Gasteiger partial charge in [-0.15, -0.1) is 0 Å². The zero-order valence-corrected chi connectivity index (χ0v) is 24.2. The number of rotatable bonds is 8. The minimum Gasteiger partial charge on any atom is -0.616 e. The molecule has 0 radical (unpaired) electrons. The van der Waals surface area contributed by atoms with Crippen LogP contribution in [0.15, 0.2) is 84.9 Å². The fourth-order valence-corrected chi connectivity index (χ4v) is 9.15. The first-order valence-corrected chi connectivity index (χ1v) is 16.2. The second-order valence-electron chi connectivity index (χ2n) is 11.7. The average Bonchev–Trinajstić information content (AvgIpc) is 3.67. The summed E-state index contributed by atoms with van der Waals surface area (Å²) in [5.41, 5.74) is 3.18. The number of amides is 1. The largest absolute Gasteiger partial charge is 0.616 e. The molecule has 3 fully saturated rings. The third-order valence-electron chi connectivity index (χ3n) is 9.22. The monoisotopic (exact) mass is 556 g/mol. The number of likely N-dealkylation sites (tertiary alicyclic amines) is 2. The molecular formula is C34H40N2O3S. The van der Waals surface area contributed by atoms with Gasteiger partial charge in [0, 0.05) is 36.4 Å². The van der Waals surface area contributed by atoms with Crippen LogP contribution in [0.2, 0.25) is 0 Å². The molecule has 6 rings (SSSR count). The molecule has 6 heteroatoms. The van der Waals surface area contributed by atoms with E-state index in [1.807, 2.05) is 29.2 Å². The Morgan fingerprint density at radius 1 is 0.950 bits per heavy atom. The highest BCUT2D eigenvalue weighted by atomic mass is 32.2. The Kier molecular flexibility index (Phi) is 8.20. The van der Waals surface area contributed by atoms with Crippen molar-refractivity contribution in [2.45, 2.75) is 49.4 Å². The minimum absolute atomic E-state index is 0.0370. The average molecular weight is 557 g/mol. The number of nitrogens with zero attached hydrogens (tertiary/aromatic N) is 2. The van der Waals surface area contributed by atoms with E-state index in [0.29, 0.717) is 25.3 Å². The highest BCUT2D eigenvalue weighted by molar-refractivity contribution is 7.92. The Hall–Kier alpha value is -2.80. The Labute approximate surface area is 241 Å². The van der Waals surface area contributed by atoms with Crippen molar-refractivity contribution < 1.29 is 14.1 Å². The van der Waals surface area contributed by atoms with E-state index in [0.717, 1.165) is 37.4 Å². The van der Waals surface area contributed by atoms with Crippen LogP contribution in [0, 0.1) is 5.92 Å². The highest BCUT2D eigenvalue weighted by Crippen LogP contribution is 2.51. The topological polar surface area (TPSA) is 55.8 Å². The summed E-state index contributed by atoms with van der Waals surface area (Å²) in [6.07, 6.45) is 3.70. The molecule has 0 bridgehead atoms. The number of hydrogen-bond acceptors (Lipinski definition) is 4. The minimum atomic E-state index is -0.962. The molecule has 4 atom stereocenters. The number of para-hydroxylation sites is 1. The van der Waals surface area contributed by atoms with E-state index in [-0.39, 0.29) is 28.6 Å². The molecule has 0 aliphatic carbocycles. The van der Waals surface area contributed by atoms with Crippen molar-refractivity contribution in [1.82, 2.24) is 9.80 Å². The maximum absolute atomic E-state index is 13.8. The van der Waals surface area contributed by atoms with Crippen LogP contribution in [0.4, 0.5) is 0 Å². The summed E-state index contributed by atoms with van der Waals surface area (Å²) in [6, 6.07) is 29.3. The fourth-order valence-electron chi connectivity index (χ4n) is 7.29. The summed E-state index contributed by atoms with van der Waals surface area (Å²) in [5.74, 6) is 1.64. The van der Waals surface area contributed by atoms with Crippen molar-refractivity contribution in [2.24, 2.45) is 5.92 Å². The molecule has 40 heavy (non-hydrogen) atoms. The molecule has 3 aromatic carbocycles. The summed E-state index contributed by atoms with van der Waals surface area (Å²) in [5, 5.41) is -0.0370. The van der Waals surface area contributed by atoms with Crippen molar-refractivity contribution in [3.05, 3.63) is 102 Å². The SMILES string of the molecule is CC(CN1CCCC1)Oc1ccccc1CC(=O)N1CC2C(C1)C(c1ccccc1)(c1ccccc1)CC[S+]2[O-]. The highest BCUT2D eigenvalue weighted by Gasteiger charge is 2.57. The summed E-state index contributed by atoms with van der Waals surface area (Å²) < 4.78 is 19.8. The summed E-state index contributed by atoms with van der Waals surface area (Å²) >= 11 is -0.962. The Balaban J connectivity index is 1.23. The lowest BCUT2D eigenvalue weighted by Crippen LogP contribution is -2.51. The molecule has 0 saturated carbocycles. The molecule has 1 amide bonds. The molecule has 3 saturated heterocycles. The molecule has 0 N–H and O–H groups in total. The van der Waals surface area contributed by atoms with Crippen LogP contribution in [0.5, 0.6) is 5.75 Å². The molecule has 210 valence electrons. The fraction of sp³-hybridized carbons (Fsp3) is 0.441. The standard InChI is InChI=1S/C34H40N2O3S/c1-26(23-35-19-10-11-20-35)39-31-17-9-8-12-27(31)22-33(37)36-24-30-32(25-36)40(38)21-18-34(30,28-13-4-2-5-14-28)29-15-6-3-7-16-29/h2-9,12-17,26,30,32H,10-11,18-25H2,1H3. The summed E-state index contributed by atoms with van der Waals surface area (Å²) in [4.78, 5) is 18.3. The van der Waals surface area contributed by atoms with Gasteiger partial charge in [-0.1, -0.05) is 78.9 Å². The Bertz CT molecular complexity index is 1240. The molecule has 0 spiro atoms. The molecule has 3 heterocycles. The van der Waals surface area contributed by atoms with Crippen molar-refractivity contribution in [3.63, 3.8) is 0 Å². The second-order valence-corrected chi connectivity index (χ2v) is 13.5. The molecule has 3 aromatic rings. The first-order chi connectivity index (χ1) is 19.5. The van der Waals surface area contributed by atoms with Gasteiger partial charge >= 0.3 is 0 Å². The smallest absolute Gasteiger partial charge is 0.227 e. The molecule has 3 aliphatic heterocycles. The normalized spacial score (nSPS) is 24.9. The zero-order chi connectivity index (χ0) is 27.5. The quantitative estimate of drug-likeness (QED) is 0.364. The van der Waals surface area contributed by atoms with E-state index >= 15 is 0 Å². The van der Waals surface area contributed by atoms with Gasteiger partial charge in [-0.25, -0.2) is 0 Å². The zero-order valence-electron chi connectivity index (χ0n) is 23.4.